The van der Waals surface area contributed by atoms with E-state index in [2.05, 4.69) is 57.9 Å². The molecule has 1 heterocycles. The standard InChI is InChI=1S/C15H24BrN3/c1-3-19-8-6-13(7-9-19)18(2)14-5-4-12(11-17)15(16)10-14/h4-5,10,13H,3,6-9,11,17H2,1-2H3. The number of nitrogens with two attached hydrogens (primary N) is 1. The van der Waals surface area contributed by atoms with E-state index in [0.717, 1.165) is 10.0 Å². The Balaban J connectivity index is 2.03. The van der Waals surface area contributed by atoms with Crippen molar-refractivity contribution in [3.63, 3.8) is 0 Å². The molecule has 1 aromatic rings. The zero-order chi connectivity index (χ0) is 13.8. The molecule has 0 bridgehead atoms. The molecule has 106 valence electrons. The SMILES string of the molecule is CCN1CCC(N(C)c2ccc(CN)c(Br)c2)CC1. The first kappa shape index (κ1) is 14.8. The molecule has 0 spiro atoms. The van der Waals surface area contributed by atoms with Crippen molar-refractivity contribution >= 4 is 21.6 Å². The maximum absolute atomic E-state index is 5.70. The summed E-state index contributed by atoms with van der Waals surface area (Å²) in [5.74, 6) is 0. The highest BCUT2D eigenvalue weighted by Crippen LogP contribution is 2.27. The van der Waals surface area contributed by atoms with E-state index in [4.69, 9.17) is 5.73 Å². The van der Waals surface area contributed by atoms with E-state index < -0.39 is 0 Å². The molecule has 1 fully saturated rings. The van der Waals surface area contributed by atoms with Crippen LogP contribution in [0, 0.1) is 0 Å². The molecular formula is C15H24BrN3. The second-order valence-electron chi connectivity index (χ2n) is 5.26. The summed E-state index contributed by atoms with van der Waals surface area (Å²) < 4.78 is 1.12. The molecular weight excluding hydrogens is 302 g/mol. The van der Waals surface area contributed by atoms with Gasteiger partial charge in [-0.3, -0.25) is 0 Å². The van der Waals surface area contributed by atoms with Gasteiger partial charge in [-0.15, -0.1) is 0 Å². The first-order valence-corrected chi connectivity index (χ1v) is 7.88. The highest BCUT2D eigenvalue weighted by Gasteiger charge is 2.22. The molecule has 0 aromatic heterocycles. The average molecular weight is 326 g/mol. The van der Waals surface area contributed by atoms with E-state index in [9.17, 15) is 0 Å². The van der Waals surface area contributed by atoms with E-state index in [1.54, 1.807) is 0 Å². The summed E-state index contributed by atoms with van der Waals surface area (Å²) in [6.07, 6.45) is 2.50. The minimum atomic E-state index is 0.583. The van der Waals surface area contributed by atoms with Crippen molar-refractivity contribution in [1.29, 1.82) is 0 Å². The summed E-state index contributed by atoms with van der Waals surface area (Å²) in [6, 6.07) is 7.14. The highest BCUT2D eigenvalue weighted by atomic mass is 79.9. The Kier molecular flexibility index (Phi) is 5.25. The van der Waals surface area contributed by atoms with Crippen molar-refractivity contribution in [2.75, 3.05) is 31.6 Å². The predicted octanol–water partition coefficient (Wildman–Crippen LogP) is 2.83. The molecule has 3 nitrogen and oxygen atoms in total. The molecule has 1 saturated heterocycles. The Morgan fingerprint density at radius 1 is 1.37 bits per heavy atom. The van der Waals surface area contributed by atoms with Crippen LogP contribution >= 0.6 is 15.9 Å². The van der Waals surface area contributed by atoms with Gasteiger partial charge in [-0.25, -0.2) is 0 Å². The quantitative estimate of drug-likeness (QED) is 0.923. The molecule has 4 heteroatoms. The summed E-state index contributed by atoms with van der Waals surface area (Å²) in [6.45, 7) is 6.43. The van der Waals surface area contributed by atoms with Crippen LogP contribution in [0.2, 0.25) is 0 Å². The van der Waals surface area contributed by atoms with Crippen LogP contribution in [0.25, 0.3) is 0 Å². The Labute approximate surface area is 124 Å². The van der Waals surface area contributed by atoms with Gasteiger partial charge in [0.1, 0.15) is 0 Å². The zero-order valence-corrected chi connectivity index (χ0v) is 13.5. The third kappa shape index (κ3) is 3.50. The van der Waals surface area contributed by atoms with Crippen LogP contribution in [0.4, 0.5) is 5.69 Å². The van der Waals surface area contributed by atoms with Crippen LogP contribution in [-0.2, 0) is 6.54 Å². The number of piperidine rings is 1. The summed E-state index contributed by atoms with van der Waals surface area (Å²) >= 11 is 3.61. The minimum absolute atomic E-state index is 0.583. The summed E-state index contributed by atoms with van der Waals surface area (Å²) in [5, 5.41) is 0. The number of rotatable bonds is 4. The van der Waals surface area contributed by atoms with Gasteiger partial charge in [0.15, 0.2) is 0 Å². The fourth-order valence-corrected chi connectivity index (χ4v) is 3.28. The Morgan fingerprint density at radius 3 is 2.58 bits per heavy atom. The van der Waals surface area contributed by atoms with Gasteiger partial charge in [0.2, 0.25) is 0 Å². The van der Waals surface area contributed by atoms with E-state index in [1.165, 1.54) is 38.2 Å². The third-order valence-corrected chi connectivity index (χ3v) is 4.95. The van der Waals surface area contributed by atoms with Gasteiger partial charge < -0.3 is 15.5 Å². The van der Waals surface area contributed by atoms with Gasteiger partial charge in [0, 0.05) is 42.9 Å². The largest absolute Gasteiger partial charge is 0.371 e. The van der Waals surface area contributed by atoms with Crippen molar-refractivity contribution in [1.82, 2.24) is 4.90 Å². The normalized spacial score (nSPS) is 17.7. The number of nitrogens with zero attached hydrogens (tertiary/aromatic N) is 2. The van der Waals surface area contributed by atoms with E-state index in [-0.39, 0.29) is 0 Å². The first-order valence-electron chi connectivity index (χ1n) is 7.09. The number of hydrogen-bond donors (Lipinski definition) is 1. The van der Waals surface area contributed by atoms with Gasteiger partial charge in [-0.1, -0.05) is 28.9 Å². The lowest BCUT2D eigenvalue weighted by atomic mass is 10.0. The van der Waals surface area contributed by atoms with E-state index in [0.29, 0.717) is 12.6 Å². The number of likely N-dealkylation sites (tertiary alicyclic amines) is 1. The topological polar surface area (TPSA) is 32.5 Å². The highest BCUT2D eigenvalue weighted by molar-refractivity contribution is 9.10. The molecule has 0 saturated carbocycles. The maximum atomic E-state index is 5.70. The molecule has 2 N–H and O–H groups in total. The van der Waals surface area contributed by atoms with Crippen molar-refractivity contribution in [2.24, 2.45) is 5.73 Å². The molecule has 0 atom stereocenters. The average Bonchev–Trinajstić information content (AvgIpc) is 2.46. The smallest absolute Gasteiger partial charge is 0.0377 e. The predicted molar refractivity (Wildman–Crippen MR) is 85.6 cm³/mol. The lowest BCUT2D eigenvalue weighted by Gasteiger charge is -2.37. The van der Waals surface area contributed by atoms with Gasteiger partial charge in [0.05, 0.1) is 0 Å². The lowest BCUT2D eigenvalue weighted by Crippen LogP contribution is -2.43. The Morgan fingerprint density at radius 2 is 2.05 bits per heavy atom. The summed E-state index contributed by atoms with van der Waals surface area (Å²) in [5.41, 5.74) is 8.14. The summed E-state index contributed by atoms with van der Waals surface area (Å²) in [4.78, 5) is 4.94. The van der Waals surface area contributed by atoms with Gasteiger partial charge >= 0.3 is 0 Å². The Bertz CT molecular complexity index is 414. The first-order chi connectivity index (χ1) is 9.15. The maximum Gasteiger partial charge on any atom is 0.0377 e. The van der Waals surface area contributed by atoms with Crippen LogP contribution in [0.15, 0.2) is 22.7 Å². The number of benzene rings is 1. The monoisotopic (exact) mass is 325 g/mol. The molecule has 0 radical (unpaired) electrons. The molecule has 0 amide bonds. The van der Waals surface area contributed by atoms with Crippen LogP contribution in [0.3, 0.4) is 0 Å². The van der Waals surface area contributed by atoms with Crippen LogP contribution < -0.4 is 10.6 Å². The van der Waals surface area contributed by atoms with E-state index >= 15 is 0 Å². The van der Waals surface area contributed by atoms with Gasteiger partial charge in [0.25, 0.3) is 0 Å². The zero-order valence-electron chi connectivity index (χ0n) is 11.9. The minimum Gasteiger partial charge on any atom is -0.371 e. The molecule has 19 heavy (non-hydrogen) atoms. The fourth-order valence-electron chi connectivity index (χ4n) is 2.75. The van der Waals surface area contributed by atoms with Gasteiger partial charge in [-0.05, 0) is 37.1 Å². The molecule has 2 rings (SSSR count). The van der Waals surface area contributed by atoms with Gasteiger partial charge in [-0.2, -0.15) is 0 Å². The Hall–Kier alpha value is -0.580. The van der Waals surface area contributed by atoms with Crippen LogP contribution in [0.5, 0.6) is 0 Å². The van der Waals surface area contributed by atoms with Crippen molar-refractivity contribution < 1.29 is 0 Å². The summed E-state index contributed by atoms with van der Waals surface area (Å²) in [7, 11) is 2.20. The molecule has 1 aliphatic heterocycles. The van der Waals surface area contributed by atoms with Crippen LogP contribution in [-0.4, -0.2) is 37.6 Å². The lowest BCUT2D eigenvalue weighted by molar-refractivity contribution is 0.221. The van der Waals surface area contributed by atoms with Crippen molar-refractivity contribution in [3.8, 4) is 0 Å². The second-order valence-corrected chi connectivity index (χ2v) is 6.11. The third-order valence-electron chi connectivity index (χ3n) is 4.22. The molecule has 0 aliphatic carbocycles. The second kappa shape index (κ2) is 6.73. The van der Waals surface area contributed by atoms with Crippen molar-refractivity contribution in [3.05, 3.63) is 28.2 Å². The molecule has 0 unspecified atom stereocenters. The number of halogens is 1. The fraction of sp³-hybridized carbons (Fsp3) is 0.600. The van der Waals surface area contributed by atoms with Crippen molar-refractivity contribution in [2.45, 2.75) is 32.4 Å². The number of hydrogen-bond acceptors (Lipinski definition) is 3. The molecule has 1 aliphatic rings. The number of anilines is 1. The van der Waals surface area contributed by atoms with Crippen LogP contribution in [0.1, 0.15) is 25.3 Å². The molecule has 1 aromatic carbocycles. The van der Waals surface area contributed by atoms with E-state index in [1.807, 2.05) is 0 Å².